The van der Waals surface area contributed by atoms with Crippen molar-refractivity contribution in [2.45, 2.75) is 26.8 Å². The van der Waals surface area contributed by atoms with E-state index in [4.69, 9.17) is 23.2 Å². The van der Waals surface area contributed by atoms with E-state index in [1.807, 2.05) is 21.0 Å². The minimum atomic E-state index is -0.293. The maximum absolute atomic E-state index is 12.1. The number of carbonyl (C=O) groups is 1. The third kappa shape index (κ3) is 5.73. The van der Waals surface area contributed by atoms with Crippen LogP contribution in [0.25, 0.3) is 0 Å². The summed E-state index contributed by atoms with van der Waals surface area (Å²) in [6, 6.07) is 4.66. The van der Waals surface area contributed by atoms with Crippen molar-refractivity contribution in [3.05, 3.63) is 28.2 Å². The number of rotatable bonds is 5. The molecular weight excluding hydrogens is 309 g/mol. The van der Waals surface area contributed by atoms with Crippen LogP contribution >= 0.6 is 23.2 Å². The summed E-state index contributed by atoms with van der Waals surface area (Å²) in [5, 5.41) is 6.65. The summed E-state index contributed by atoms with van der Waals surface area (Å²) >= 11 is 11.9. The van der Waals surface area contributed by atoms with Crippen molar-refractivity contribution in [3.8, 4) is 0 Å². The Morgan fingerprint density at radius 2 is 1.95 bits per heavy atom. The Hall–Kier alpha value is -0.970. The molecule has 0 heterocycles. The van der Waals surface area contributed by atoms with Gasteiger partial charge in [-0.05, 0) is 44.6 Å². The van der Waals surface area contributed by atoms with Crippen molar-refractivity contribution in [1.29, 1.82) is 0 Å². The van der Waals surface area contributed by atoms with Crippen LogP contribution in [0, 0.1) is 5.41 Å². The fourth-order valence-electron chi connectivity index (χ4n) is 2.10. The molecule has 118 valence electrons. The quantitative estimate of drug-likeness (QED) is 0.853. The highest BCUT2D eigenvalue weighted by Crippen LogP contribution is 2.26. The number of anilines is 1. The van der Waals surface area contributed by atoms with Crippen LogP contribution in [-0.4, -0.2) is 37.6 Å². The molecule has 0 fully saturated rings. The molecule has 1 aromatic carbocycles. The number of halogens is 2. The molecule has 1 rings (SSSR count). The molecule has 1 atom stereocenters. The number of nitrogens with zero attached hydrogens (tertiary/aromatic N) is 1. The first-order valence-corrected chi connectivity index (χ1v) is 7.54. The molecule has 2 amide bonds. The summed E-state index contributed by atoms with van der Waals surface area (Å²) < 4.78 is 0. The lowest BCUT2D eigenvalue weighted by Crippen LogP contribution is -2.48. The molecule has 0 aliphatic heterocycles. The first-order valence-electron chi connectivity index (χ1n) is 6.79. The molecule has 6 heteroatoms. The average molecular weight is 332 g/mol. The van der Waals surface area contributed by atoms with Gasteiger partial charge in [0.1, 0.15) is 0 Å². The van der Waals surface area contributed by atoms with Gasteiger partial charge in [0.2, 0.25) is 0 Å². The van der Waals surface area contributed by atoms with Gasteiger partial charge in [-0.1, -0.05) is 37.0 Å². The van der Waals surface area contributed by atoms with Crippen LogP contribution in [-0.2, 0) is 0 Å². The summed E-state index contributed by atoms with van der Waals surface area (Å²) in [5.74, 6) is 0. The summed E-state index contributed by atoms with van der Waals surface area (Å²) in [5.41, 5.74) is 0.443. The zero-order chi connectivity index (χ0) is 16.2. The molecule has 0 saturated heterocycles. The normalized spacial score (nSPS) is 13.1. The molecule has 21 heavy (non-hydrogen) atoms. The summed E-state index contributed by atoms with van der Waals surface area (Å²) in [4.78, 5) is 14.2. The van der Waals surface area contributed by atoms with E-state index < -0.39 is 0 Å². The van der Waals surface area contributed by atoms with Crippen LogP contribution in [0.4, 0.5) is 10.5 Å². The van der Waals surface area contributed by atoms with Crippen molar-refractivity contribution in [3.63, 3.8) is 0 Å². The zero-order valence-electron chi connectivity index (χ0n) is 13.1. The minimum absolute atomic E-state index is 0.00198. The Labute approximate surface area is 136 Å². The topological polar surface area (TPSA) is 44.4 Å². The van der Waals surface area contributed by atoms with Gasteiger partial charge in [0.05, 0.1) is 10.7 Å². The Morgan fingerprint density at radius 3 is 2.52 bits per heavy atom. The van der Waals surface area contributed by atoms with E-state index in [9.17, 15) is 4.79 Å². The number of hydrogen-bond donors (Lipinski definition) is 2. The molecule has 4 nitrogen and oxygen atoms in total. The number of urea groups is 1. The van der Waals surface area contributed by atoms with Gasteiger partial charge in [-0.25, -0.2) is 4.79 Å². The Balaban J connectivity index is 2.67. The molecule has 0 saturated carbocycles. The van der Waals surface area contributed by atoms with Crippen LogP contribution < -0.4 is 10.6 Å². The lowest BCUT2D eigenvalue weighted by atomic mass is 9.85. The van der Waals surface area contributed by atoms with E-state index in [1.54, 1.807) is 18.2 Å². The maximum atomic E-state index is 12.1. The smallest absolute Gasteiger partial charge is 0.319 e. The second-order valence-corrected chi connectivity index (χ2v) is 7.01. The van der Waals surface area contributed by atoms with Gasteiger partial charge in [-0.15, -0.1) is 0 Å². The molecule has 0 aliphatic carbocycles. The first kappa shape index (κ1) is 18.1. The van der Waals surface area contributed by atoms with Crippen molar-refractivity contribution in [2.24, 2.45) is 5.41 Å². The third-order valence-electron chi connectivity index (χ3n) is 3.42. The van der Waals surface area contributed by atoms with Crippen LogP contribution in [0.2, 0.25) is 10.0 Å². The number of carbonyl (C=O) groups excluding carboxylic acids is 1. The molecule has 0 radical (unpaired) electrons. The summed E-state index contributed by atoms with van der Waals surface area (Å²) in [6.45, 7) is 7.09. The highest BCUT2D eigenvalue weighted by atomic mass is 35.5. The van der Waals surface area contributed by atoms with E-state index in [0.29, 0.717) is 15.7 Å². The number of amides is 2. The number of benzene rings is 1. The van der Waals surface area contributed by atoms with Crippen LogP contribution in [0.15, 0.2) is 18.2 Å². The molecule has 0 aliphatic rings. The predicted molar refractivity (Wildman–Crippen MR) is 90.4 cm³/mol. The van der Waals surface area contributed by atoms with Crippen molar-refractivity contribution in [2.75, 3.05) is 26.0 Å². The molecular formula is C15H23Cl2N3O. The molecule has 1 unspecified atom stereocenters. The number of nitrogens with one attached hydrogen (secondary N) is 2. The summed E-state index contributed by atoms with van der Waals surface area (Å²) in [6.07, 6.45) is 0. The van der Waals surface area contributed by atoms with Gasteiger partial charge >= 0.3 is 6.03 Å². The standard InChI is InChI=1S/C15H23Cl2N3O/c1-10(15(2,3)9-20(4)5)18-14(21)19-13-8-11(16)6-7-12(13)17/h6-8,10H,9H2,1-5H3,(H2,18,19,21). The highest BCUT2D eigenvalue weighted by Gasteiger charge is 2.27. The molecule has 2 N–H and O–H groups in total. The predicted octanol–water partition coefficient (Wildman–Crippen LogP) is 4.09. The fraction of sp³-hybridized carbons (Fsp3) is 0.533. The van der Waals surface area contributed by atoms with Crippen LogP contribution in [0.5, 0.6) is 0 Å². The lowest BCUT2D eigenvalue weighted by Gasteiger charge is -2.34. The second-order valence-electron chi connectivity index (χ2n) is 6.17. The largest absolute Gasteiger partial charge is 0.335 e. The highest BCUT2D eigenvalue weighted by molar-refractivity contribution is 6.35. The molecule has 0 spiro atoms. The molecule has 1 aromatic rings. The Bertz CT molecular complexity index is 504. The van der Waals surface area contributed by atoms with E-state index in [2.05, 4.69) is 29.4 Å². The minimum Gasteiger partial charge on any atom is -0.335 e. The molecule has 0 aromatic heterocycles. The van der Waals surface area contributed by atoms with Gasteiger partial charge < -0.3 is 15.5 Å². The first-order chi connectivity index (χ1) is 9.61. The Morgan fingerprint density at radius 1 is 1.33 bits per heavy atom. The van der Waals surface area contributed by atoms with Gasteiger partial charge in [0.25, 0.3) is 0 Å². The van der Waals surface area contributed by atoms with Gasteiger partial charge in [0, 0.05) is 17.6 Å². The fourth-order valence-corrected chi connectivity index (χ4v) is 2.43. The van der Waals surface area contributed by atoms with E-state index in [1.165, 1.54) is 0 Å². The second kappa shape index (κ2) is 7.34. The van der Waals surface area contributed by atoms with Crippen LogP contribution in [0.3, 0.4) is 0 Å². The van der Waals surface area contributed by atoms with Crippen molar-refractivity contribution >= 4 is 34.9 Å². The Kier molecular flexibility index (Phi) is 6.32. The SMILES string of the molecule is CC(NC(=O)Nc1cc(Cl)ccc1Cl)C(C)(C)CN(C)C. The van der Waals surface area contributed by atoms with E-state index in [-0.39, 0.29) is 17.5 Å². The zero-order valence-corrected chi connectivity index (χ0v) is 14.6. The van der Waals surface area contributed by atoms with Gasteiger partial charge in [-0.2, -0.15) is 0 Å². The average Bonchev–Trinajstić information content (AvgIpc) is 2.32. The van der Waals surface area contributed by atoms with Crippen LogP contribution in [0.1, 0.15) is 20.8 Å². The third-order valence-corrected chi connectivity index (χ3v) is 3.98. The summed E-state index contributed by atoms with van der Waals surface area (Å²) in [7, 11) is 4.03. The monoisotopic (exact) mass is 331 g/mol. The molecule has 0 bridgehead atoms. The maximum Gasteiger partial charge on any atom is 0.319 e. The van der Waals surface area contributed by atoms with Crippen molar-refractivity contribution < 1.29 is 4.79 Å². The number of hydrogen-bond acceptors (Lipinski definition) is 2. The van der Waals surface area contributed by atoms with E-state index in [0.717, 1.165) is 6.54 Å². The van der Waals surface area contributed by atoms with Gasteiger partial charge in [0.15, 0.2) is 0 Å². The lowest BCUT2D eigenvalue weighted by molar-refractivity contribution is 0.183. The van der Waals surface area contributed by atoms with Gasteiger partial charge in [-0.3, -0.25) is 0 Å². The van der Waals surface area contributed by atoms with Crippen molar-refractivity contribution in [1.82, 2.24) is 10.2 Å². The van der Waals surface area contributed by atoms with E-state index >= 15 is 0 Å².